The van der Waals surface area contributed by atoms with Crippen LogP contribution in [-0.4, -0.2) is 40.4 Å². The van der Waals surface area contributed by atoms with Gasteiger partial charge < -0.3 is 15.4 Å². The predicted molar refractivity (Wildman–Crippen MR) is 106 cm³/mol. The molecule has 0 saturated carbocycles. The van der Waals surface area contributed by atoms with Gasteiger partial charge >= 0.3 is 6.03 Å². The fourth-order valence-corrected chi connectivity index (χ4v) is 4.62. The van der Waals surface area contributed by atoms with Crippen LogP contribution < -0.4 is 19.7 Å². The molecule has 2 N–H and O–H groups in total. The Labute approximate surface area is 159 Å². The molecule has 1 heterocycles. The predicted octanol–water partition coefficient (Wildman–Crippen LogP) is 2.60. The number of anilines is 2. The average molecular weight is 389 g/mol. The van der Waals surface area contributed by atoms with Gasteiger partial charge in [0.1, 0.15) is 5.75 Å². The molecule has 0 atom stereocenters. The molecule has 144 valence electrons. The van der Waals surface area contributed by atoms with Gasteiger partial charge in [0.2, 0.25) is 10.0 Å². The quantitative estimate of drug-likeness (QED) is 0.795. The molecule has 0 spiro atoms. The highest BCUT2D eigenvalue weighted by molar-refractivity contribution is 7.93. The summed E-state index contributed by atoms with van der Waals surface area (Å²) in [6.07, 6.45) is 1.26. The normalized spacial score (nSPS) is 15.4. The third-order valence-corrected chi connectivity index (χ3v) is 6.23. The number of benzene rings is 2. The molecular weight excluding hydrogens is 366 g/mol. The zero-order valence-corrected chi connectivity index (χ0v) is 16.0. The SMILES string of the molecule is COc1ccccc1CCNC(=O)Nc1cccc(N2CCCS2(=O)=O)c1. The summed E-state index contributed by atoms with van der Waals surface area (Å²) in [5.41, 5.74) is 2.13. The van der Waals surface area contributed by atoms with E-state index in [2.05, 4.69) is 10.6 Å². The maximum absolute atomic E-state index is 12.1. The molecule has 8 heteroatoms. The molecule has 0 radical (unpaired) electrons. The Morgan fingerprint density at radius 3 is 2.74 bits per heavy atom. The first-order valence-corrected chi connectivity index (χ1v) is 10.4. The van der Waals surface area contributed by atoms with Crippen LogP contribution in [0.3, 0.4) is 0 Å². The summed E-state index contributed by atoms with van der Waals surface area (Å²) in [5, 5.41) is 5.54. The number of urea groups is 1. The Hall–Kier alpha value is -2.74. The number of carbonyl (C=O) groups is 1. The molecule has 0 bridgehead atoms. The Morgan fingerprint density at radius 1 is 1.19 bits per heavy atom. The summed E-state index contributed by atoms with van der Waals surface area (Å²) in [7, 11) is -1.63. The van der Waals surface area contributed by atoms with Crippen molar-refractivity contribution in [1.29, 1.82) is 0 Å². The van der Waals surface area contributed by atoms with Crippen LogP contribution in [0.5, 0.6) is 5.75 Å². The molecule has 3 rings (SSSR count). The fourth-order valence-electron chi connectivity index (χ4n) is 3.06. The van der Waals surface area contributed by atoms with Gasteiger partial charge in [-0.3, -0.25) is 4.31 Å². The molecule has 1 aliphatic heterocycles. The van der Waals surface area contributed by atoms with Gasteiger partial charge in [0.25, 0.3) is 0 Å². The van der Waals surface area contributed by atoms with E-state index in [1.807, 2.05) is 24.3 Å². The smallest absolute Gasteiger partial charge is 0.319 e. The molecule has 0 aromatic heterocycles. The Balaban J connectivity index is 1.56. The molecule has 2 amide bonds. The largest absolute Gasteiger partial charge is 0.496 e. The van der Waals surface area contributed by atoms with Gasteiger partial charge in [-0.2, -0.15) is 0 Å². The molecule has 1 fully saturated rings. The van der Waals surface area contributed by atoms with E-state index in [1.165, 1.54) is 4.31 Å². The summed E-state index contributed by atoms with van der Waals surface area (Å²) in [5.74, 6) is 0.952. The van der Waals surface area contributed by atoms with Crippen molar-refractivity contribution in [3.8, 4) is 5.75 Å². The van der Waals surface area contributed by atoms with Gasteiger partial charge in [0.15, 0.2) is 0 Å². The van der Waals surface area contributed by atoms with Crippen LogP contribution in [0.1, 0.15) is 12.0 Å². The van der Waals surface area contributed by atoms with Gasteiger partial charge in [-0.15, -0.1) is 0 Å². The highest BCUT2D eigenvalue weighted by atomic mass is 32.2. The van der Waals surface area contributed by atoms with Crippen LogP contribution in [0.15, 0.2) is 48.5 Å². The maximum atomic E-state index is 12.1. The van der Waals surface area contributed by atoms with E-state index in [0.29, 0.717) is 37.3 Å². The van der Waals surface area contributed by atoms with Crippen molar-refractivity contribution in [2.24, 2.45) is 0 Å². The Bertz CT molecular complexity index is 915. The van der Waals surface area contributed by atoms with Crippen molar-refractivity contribution in [3.63, 3.8) is 0 Å². The molecule has 27 heavy (non-hydrogen) atoms. The molecule has 0 aliphatic carbocycles. The number of hydrogen-bond donors (Lipinski definition) is 2. The highest BCUT2D eigenvalue weighted by Crippen LogP contribution is 2.26. The second kappa shape index (κ2) is 8.30. The molecule has 1 aliphatic rings. The summed E-state index contributed by atoms with van der Waals surface area (Å²) < 4.78 is 30.8. The van der Waals surface area contributed by atoms with Gasteiger partial charge in [0, 0.05) is 18.8 Å². The lowest BCUT2D eigenvalue weighted by molar-refractivity contribution is 0.252. The van der Waals surface area contributed by atoms with E-state index >= 15 is 0 Å². The first-order chi connectivity index (χ1) is 13.0. The van der Waals surface area contributed by atoms with Crippen LogP contribution >= 0.6 is 0 Å². The van der Waals surface area contributed by atoms with Crippen molar-refractivity contribution in [1.82, 2.24) is 5.32 Å². The van der Waals surface area contributed by atoms with Crippen LogP contribution in [-0.2, 0) is 16.4 Å². The van der Waals surface area contributed by atoms with Gasteiger partial charge in [-0.05, 0) is 42.7 Å². The van der Waals surface area contributed by atoms with Crippen LogP contribution in [0, 0.1) is 0 Å². The van der Waals surface area contributed by atoms with E-state index < -0.39 is 10.0 Å². The van der Waals surface area contributed by atoms with Gasteiger partial charge in [-0.1, -0.05) is 24.3 Å². The first-order valence-electron chi connectivity index (χ1n) is 8.77. The minimum absolute atomic E-state index is 0.161. The summed E-state index contributed by atoms with van der Waals surface area (Å²) in [6, 6.07) is 14.2. The molecular formula is C19H23N3O4S. The van der Waals surface area contributed by atoms with Crippen molar-refractivity contribution in [2.45, 2.75) is 12.8 Å². The van der Waals surface area contributed by atoms with Gasteiger partial charge in [-0.25, -0.2) is 13.2 Å². The second-order valence-corrected chi connectivity index (χ2v) is 8.25. The van der Waals surface area contributed by atoms with Crippen LogP contribution in [0.25, 0.3) is 0 Å². The first kappa shape index (κ1) is 19.0. The lowest BCUT2D eigenvalue weighted by Gasteiger charge is -2.18. The van der Waals surface area contributed by atoms with E-state index in [0.717, 1.165) is 11.3 Å². The highest BCUT2D eigenvalue weighted by Gasteiger charge is 2.28. The number of nitrogens with one attached hydrogen (secondary N) is 2. The second-order valence-electron chi connectivity index (χ2n) is 6.23. The fraction of sp³-hybridized carbons (Fsp3) is 0.316. The van der Waals surface area contributed by atoms with Crippen molar-refractivity contribution in [2.75, 3.05) is 35.6 Å². The monoisotopic (exact) mass is 389 g/mol. The van der Waals surface area contributed by atoms with E-state index in [9.17, 15) is 13.2 Å². The molecule has 2 aromatic carbocycles. The number of para-hydroxylation sites is 1. The molecule has 1 saturated heterocycles. The number of hydrogen-bond acceptors (Lipinski definition) is 4. The molecule has 2 aromatic rings. The van der Waals surface area contributed by atoms with E-state index in [1.54, 1.807) is 31.4 Å². The molecule has 7 nitrogen and oxygen atoms in total. The number of nitrogens with zero attached hydrogens (tertiary/aromatic N) is 1. The third kappa shape index (κ3) is 4.71. The lowest BCUT2D eigenvalue weighted by atomic mass is 10.1. The average Bonchev–Trinajstić information content (AvgIpc) is 3.01. The summed E-state index contributed by atoms with van der Waals surface area (Å²) in [6.45, 7) is 0.920. The number of rotatable bonds is 6. The van der Waals surface area contributed by atoms with Gasteiger partial charge in [0.05, 0.1) is 18.6 Å². The Kier molecular flexibility index (Phi) is 5.85. The third-order valence-electron chi connectivity index (χ3n) is 4.36. The van der Waals surface area contributed by atoms with E-state index in [-0.39, 0.29) is 11.8 Å². The van der Waals surface area contributed by atoms with Crippen molar-refractivity contribution >= 4 is 27.4 Å². The lowest BCUT2D eigenvalue weighted by Crippen LogP contribution is -2.30. The zero-order valence-electron chi connectivity index (χ0n) is 15.1. The standard InChI is InChI=1S/C19H23N3O4S/c1-26-18-9-3-2-6-15(18)10-11-20-19(23)21-16-7-4-8-17(14-16)22-12-5-13-27(22,24)25/h2-4,6-9,14H,5,10-13H2,1H3,(H2,20,21,23). The number of methoxy groups -OCH3 is 1. The maximum Gasteiger partial charge on any atom is 0.319 e. The number of sulfonamides is 1. The van der Waals surface area contributed by atoms with Crippen molar-refractivity contribution < 1.29 is 17.9 Å². The number of carbonyl (C=O) groups excluding carboxylic acids is 1. The minimum atomic E-state index is -3.24. The number of ether oxygens (including phenoxy) is 1. The summed E-state index contributed by atoms with van der Waals surface area (Å²) in [4.78, 5) is 12.1. The number of amides is 2. The van der Waals surface area contributed by atoms with Crippen LogP contribution in [0.4, 0.5) is 16.2 Å². The minimum Gasteiger partial charge on any atom is -0.496 e. The van der Waals surface area contributed by atoms with E-state index in [4.69, 9.17) is 4.74 Å². The summed E-state index contributed by atoms with van der Waals surface area (Å²) >= 11 is 0. The van der Waals surface area contributed by atoms with Crippen molar-refractivity contribution in [3.05, 3.63) is 54.1 Å². The molecule has 0 unspecified atom stereocenters. The zero-order chi connectivity index (χ0) is 19.3. The Morgan fingerprint density at radius 2 is 2.00 bits per heavy atom. The topological polar surface area (TPSA) is 87.7 Å². The van der Waals surface area contributed by atoms with Crippen LogP contribution in [0.2, 0.25) is 0 Å².